The highest BCUT2D eigenvalue weighted by molar-refractivity contribution is 7.98. The van der Waals surface area contributed by atoms with Gasteiger partial charge in [0.1, 0.15) is 0 Å². The number of para-hydroxylation sites is 1. The normalized spacial score (nSPS) is 15.7. The van der Waals surface area contributed by atoms with Crippen LogP contribution >= 0.6 is 23.1 Å². The fourth-order valence-corrected chi connectivity index (χ4v) is 4.66. The number of benzene rings is 1. The largest absolute Gasteiger partial charge is 0.317 e. The van der Waals surface area contributed by atoms with Gasteiger partial charge in [-0.2, -0.15) is 4.68 Å². The van der Waals surface area contributed by atoms with E-state index in [-0.39, 0.29) is 0 Å². The molecule has 0 spiro atoms. The van der Waals surface area contributed by atoms with Crippen molar-refractivity contribution in [3.63, 3.8) is 0 Å². The van der Waals surface area contributed by atoms with Gasteiger partial charge >= 0.3 is 0 Å². The van der Waals surface area contributed by atoms with Crippen LogP contribution in [0.5, 0.6) is 0 Å². The standard InChI is InChI=1S/C16H18N6S2/c1-2-4-14(5-3-1)22-16(19-20-21-22)24-11-13-10-23-15(18-13)12-6-8-17-9-7-12/h1-5,10,12,17H,6-9,11H2. The number of tetrazole rings is 1. The number of aromatic nitrogens is 5. The molecule has 0 atom stereocenters. The molecular formula is C16H18N6S2. The zero-order chi connectivity index (χ0) is 16.2. The summed E-state index contributed by atoms with van der Waals surface area (Å²) in [6.45, 7) is 2.19. The molecular weight excluding hydrogens is 340 g/mol. The molecule has 4 rings (SSSR count). The summed E-state index contributed by atoms with van der Waals surface area (Å²) < 4.78 is 1.77. The van der Waals surface area contributed by atoms with Gasteiger partial charge in [0, 0.05) is 17.1 Å². The minimum atomic E-state index is 0.615. The van der Waals surface area contributed by atoms with E-state index in [2.05, 4.69) is 26.2 Å². The lowest BCUT2D eigenvalue weighted by Crippen LogP contribution is -2.26. The topological polar surface area (TPSA) is 68.5 Å². The van der Waals surface area contributed by atoms with Crippen LogP contribution in [0.2, 0.25) is 0 Å². The Kier molecular flexibility index (Phi) is 4.86. The lowest BCUT2D eigenvalue weighted by Gasteiger charge is -2.20. The first-order chi connectivity index (χ1) is 11.9. The maximum Gasteiger partial charge on any atom is 0.214 e. The molecule has 0 unspecified atom stereocenters. The van der Waals surface area contributed by atoms with Crippen molar-refractivity contribution in [3.8, 4) is 5.69 Å². The number of thioether (sulfide) groups is 1. The third kappa shape index (κ3) is 3.50. The third-order valence-corrected chi connectivity index (χ3v) is 6.06. The second kappa shape index (κ2) is 7.42. The van der Waals surface area contributed by atoms with Crippen LogP contribution in [0.25, 0.3) is 5.69 Å². The molecule has 3 heterocycles. The summed E-state index contributed by atoms with van der Waals surface area (Å²) in [5, 5.41) is 19.7. The van der Waals surface area contributed by atoms with Crippen LogP contribution in [0.3, 0.4) is 0 Å². The average molecular weight is 358 g/mol. The van der Waals surface area contributed by atoms with Crippen LogP contribution in [0, 0.1) is 0 Å². The quantitative estimate of drug-likeness (QED) is 0.707. The molecule has 1 fully saturated rings. The van der Waals surface area contributed by atoms with Crippen molar-refractivity contribution < 1.29 is 0 Å². The second-order valence-corrected chi connectivity index (χ2v) is 7.53. The van der Waals surface area contributed by atoms with E-state index in [0.29, 0.717) is 5.92 Å². The predicted octanol–water partition coefficient (Wildman–Crippen LogP) is 2.88. The minimum absolute atomic E-state index is 0.615. The van der Waals surface area contributed by atoms with Crippen molar-refractivity contribution >= 4 is 23.1 Å². The van der Waals surface area contributed by atoms with E-state index in [1.807, 2.05) is 30.3 Å². The second-order valence-electron chi connectivity index (χ2n) is 5.70. The van der Waals surface area contributed by atoms with Gasteiger partial charge in [0.05, 0.1) is 16.4 Å². The molecule has 0 saturated carbocycles. The molecule has 6 nitrogen and oxygen atoms in total. The molecule has 1 aliphatic heterocycles. The molecule has 124 valence electrons. The van der Waals surface area contributed by atoms with Gasteiger partial charge < -0.3 is 5.32 Å². The molecule has 2 aromatic heterocycles. The molecule has 0 amide bonds. The van der Waals surface area contributed by atoms with Crippen molar-refractivity contribution in [2.24, 2.45) is 0 Å². The zero-order valence-corrected chi connectivity index (χ0v) is 14.8. The molecule has 0 bridgehead atoms. The summed E-state index contributed by atoms with van der Waals surface area (Å²) in [6, 6.07) is 9.95. The highest BCUT2D eigenvalue weighted by Gasteiger charge is 2.18. The smallest absolute Gasteiger partial charge is 0.214 e. The Labute approximate surface area is 148 Å². The van der Waals surface area contributed by atoms with Crippen LogP contribution < -0.4 is 5.32 Å². The maximum atomic E-state index is 4.83. The lowest BCUT2D eigenvalue weighted by molar-refractivity contribution is 0.459. The molecule has 8 heteroatoms. The van der Waals surface area contributed by atoms with Gasteiger partial charge in [0.15, 0.2) is 0 Å². The molecule has 24 heavy (non-hydrogen) atoms. The molecule has 1 aliphatic rings. The Balaban J connectivity index is 1.43. The molecule has 3 aromatic rings. The summed E-state index contributed by atoms with van der Waals surface area (Å²) >= 11 is 3.40. The van der Waals surface area contributed by atoms with Gasteiger partial charge in [0.25, 0.3) is 0 Å². The Morgan fingerprint density at radius 2 is 2.04 bits per heavy atom. The van der Waals surface area contributed by atoms with Crippen molar-refractivity contribution in [1.82, 2.24) is 30.5 Å². The lowest BCUT2D eigenvalue weighted by atomic mass is 9.99. The van der Waals surface area contributed by atoms with Gasteiger partial charge in [-0.25, -0.2) is 4.98 Å². The van der Waals surface area contributed by atoms with Gasteiger partial charge in [-0.1, -0.05) is 30.0 Å². The molecule has 0 aliphatic carbocycles. The van der Waals surface area contributed by atoms with E-state index < -0.39 is 0 Å². The minimum Gasteiger partial charge on any atom is -0.317 e. The van der Waals surface area contributed by atoms with Crippen molar-refractivity contribution in [1.29, 1.82) is 0 Å². The van der Waals surface area contributed by atoms with Gasteiger partial charge in [-0.05, 0) is 48.5 Å². The van der Waals surface area contributed by atoms with Crippen LogP contribution in [-0.2, 0) is 5.75 Å². The van der Waals surface area contributed by atoms with Gasteiger partial charge in [-0.3, -0.25) is 0 Å². The first-order valence-electron chi connectivity index (χ1n) is 8.02. The Hall–Kier alpha value is -1.77. The summed E-state index contributed by atoms with van der Waals surface area (Å²) in [5.74, 6) is 1.40. The van der Waals surface area contributed by atoms with Crippen LogP contribution in [-0.4, -0.2) is 38.3 Å². The summed E-state index contributed by atoms with van der Waals surface area (Å²) in [6.07, 6.45) is 2.37. The summed E-state index contributed by atoms with van der Waals surface area (Å²) in [7, 11) is 0. The number of thiazole rings is 1. The average Bonchev–Trinajstić information content (AvgIpc) is 3.31. The number of rotatable bonds is 5. The monoisotopic (exact) mass is 358 g/mol. The van der Waals surface area contributed by atoms with E-state index in [0.717, 1.165) is 35.4 Å². The fraction of sp³-hybridized carbons (Fsp3) is 0.375. The number of piperidine rings is 1. The van der Waals surface area contributed by atoms with Crippen molar-refractivity contribution in [2.45, 2.75) is 29.7 Å². The van der Waals surface area contributed by atoms with E-state index in [1.165, 1.54) is 17.8 Å². The number of hydrogen-bond donors (Lipinski definition) is 1. The first kappa shape index (κ1) is 15.7. The molecule has 0 radical (unpaired) electrons. The third-order valence-electron chi connectivity index (χ3n) is 4.05. The summed E-state index contributed by atoms with van der Waals surface area (Å²) in [5.41, 5.74) is 2.08. The van der Waals surface area contributed by atoms with Crippen LogP contribution in [0.1, 0.15) is 29.5 Å². The van der Waals surface area contributed by atoms with E-state index in [1.54, 1.807) is 27.8 Å². The van der Waals surface area contributed by atoms with Crippen LogP contribution in [0.4, 0.5) is 0 Å². The SMILES string of the molecule is c1ccc(-n2nnnc2SCc2csc(C3CCNCC3)n2)cc1. The molecule has 1 N–H and O–H groups in total. The van der Waals surface area contributed by atoms with Crippen molar-refractivity contribution in [2.75, 3.05) is 13.1 Å². The van der Waals surface area contributed by atoms with E-state index in [4.69, 9.17) is 4.98 Å². The molecule has 1 aromatic carbocycles. The Bertz CT molecular complexity index is 779. The number of nitrogens with one attached hydrogen (secondary N) is 1. The zero-order valence-electron chi connectivity index (χ0n) is 13.1. The Morgan fingerprint density at radius 3 is 2.88 bits per heavy atom. The highest BCUT2D eigenvalue weighted by Crippen LogP contribution is 2.30. The van der Waals surface area contributed by atoms with E-state index in [9.17, 15) is 0 Å². The van der Waals surface area contributed by atoms with Crippen LogP contribution in [0.15, 0.2) is 40.9 Å². The Morgan fingerprint density at radius 1 is 1.21 bits per heavy atom. The summed E-state index contributed by atoms with van der Waals surface area (Å²) in [4.78, 5) is 4.83. The van der Waals surface area contributed by atoms with Gasteiger partial charge in [0.2, 0.25) is 5.16 Å². The van der Waals surface area contributed by atoms with E-state index >= 15 is 0 Å². The fourth-order valence-electron chi connectivity index (χ4n) is 2.78. The highest BCUT2D eigenvalue weighted by atomic mass is 32.2. The number of nitrogens with zero attached hydrogens (tertiary/aromatic N) is 5. The maximum absolute atomic E-state index is 4.83. The first-order valence-corrected chi connectivity index (χ1v) is 9.88. The van der Waals surface area contributed by atoms with Gasteiger partial charge in [-0.15, -0.1) is 16.4 Å². The number of hydrogen-bond acceptors (Lipinski definition) is 7. The molecule has 1 saturated heterocycles. The predicted molar refractivity (Wildman–Crippen MR) is 95.7 cm³/mol. The van der Waals surface area contributed by atoms with Crippen molar-refractivity contribution in [3.05, 3.63) is 46.4 Å².